The zero-order valence-corrected chi connectivity index (χ0v) is 20.1. The first-order valence-corrected chi connectivity index (χ1v) is 11.5. The van der Waals surface area contributed by atoms with E-state index in [4.69, 9.17) is 0 Å². The van der Waals surface area contributed by atoms with Gasteiger partial charge in [0.25, 0.3) is 0 Å². The third kappa shape index (κ3) is 4.25. The molecule has 0 spiro atoms. The fourth-order valence-electron chi connectivity index (χ4n) is 4.15. The average Bonchev–Trinajstić information content (AvgIpc) is 3.23. The van der Waals surface area contributed by atoms with Crippen LogP contribution in [-0.4, -0.2) is 14.8 Å². The molecule has 1 heterocycles. The quantitative estimate of drug-likeness (QED) is 0.329. The molecule has 164 valence electrons. The van der Waals surface area contributed by atoms with Crippen molar-refractivity contribution in [3.05, 3.63) is 89.7 Å². The first-order valence-electron chi connectivity index (χ1n) is 11.5. The van der Waals surface area contributed by atoms with Crippen LogP contribution in [0.5, 0.6) is 0 Å². The summed E-state index contributed by atoms with van der Waals surface area (Å²) in [5, 5.41) is 9.38. The summed E-state index contributed by atoms with van der Waals surface area (Å²) in [5.74, 6) is 2.23. The Bertz CT molecular complexity index is 1210. The summed E-state index contributed by atoms with van der Waals surface area (Å²) in [6.07, 6.45) is 1.01. The Hall–Kier alpha value is -3.20. The maximum atomic E-state index is 4.69. The molecule has 0 bridgehead atoms. The van der Waals surface area contributed by atoms with Crippen LogP contribution in [0.15, 0.2) is 72.8 Å². The minimum atomic E-state index is -0.0407. The Morgan fingerprint density at radius 2 is 1.53 bits per heavy atom. The van der Waals surface area contributed by atoms with E-state index in [1.165, 1.54) is 22.3 Å². The van der Waals surface area contributed by atoms with Crippen LogP contribution in [0.2, 0.25) is 0 Å². The molecule has 1 atom stereocenters. The van der Waals surface area contributed by atoms with Crippen molar-refractivity contribution in [2.24, 2.45) is 0 Å². The average molecular weight is 424 g/mol. The van der Waals surface area contributed by atoms with Gasteiger partial charge in [0.2, 0.25) is 0 Å². The molecular weight excluding hydrogens is 390 g/mol. The van der Waals surface area contributed by atoms with E-state index in [9.17, 15) is 0 Å². The number of hydrogen-bond donors (Lipinski definition) is 0. The highest BCUT2D eigenvalue weighted by molar-refractivity contribution is 5.69. The maximum absolute atomic E-state index is 4.69. The molecule has 0 aliphatic heterocycles. The van der Waals surface area contributed by atoms with Crippen molar-refractivity contribution >= 4 is 0 Å². The van der Waals surface area contributed by atoms with Gasteiger partial charge in [0.05, 0.1) is 5.69 Å². The minimum absolute atomic E-state index is 0.0407. The molecule has 0 fully saturated rings. The number of hydrogen-bond acceptors (Lipinski definition) is 2. The summed E-state index contributed by atoms with van der Waals surface area (Å²) in [5.41, 5.74) is 7.19. The van der Waals surface area contributed by atoms with E-state index in [0.29, 0.717) is 5.92 Å². The van der Waals surface area contributed by atoms with Gasteiger partial charge in [-0.25, -0.2) is 0 Å². The van der Waals surface area contributed by atoms with E-state index in [1.54, 1.807) is 0 Å². The molecule has 0 aliphatic carbocycles. The topological polar surface area (TPSA) is 30.7 Å². The maximum Gasteiger partial charge on any atom is 0.168 e. The van der Waals surface area contributed by atoms with Gasteiger partial charge in [0.1, 0.15) is 5.82 Å². The zero-order valence-electron chi connectivity index (χ0n) is 20.1. The van der Waals surface area contributed by atoms with Crippen molar-refractivity contribution in [2.75, 3.05) is 0 Å². The van der Waals surface area contributed by atoms with E-state index < -0.39 is 0 Å². The largest absolute Gasteiger partial charge is 0.278 e. The molecule has 4 aromatic rings. The van der Waals surface area contributed by atoms with Crippen LogP contribution in [0, 0.1) is 6.92 Å². The second-order valence-electron chi connectivity index (χ2n) is 9.74. The molecule has 0 radical (unpaired) electrons. The molecule has 1 aromatic heterocycles. The number of nitrogens with zero attached hydrogens (tertiary/aromatic N) is 3. The lowest BCUT2D eigenvalue weighted by atomic mass is 9.83. The van der Waals surface area contributed by atoms with Crippen LogP contribution >= 0.6 is 0 Å². The number of rotatable bonds is 5. The van der Waals surface area contributed by atoms with E-state index in [2.05, 4.69) is 129 Å². The van der Waals surface area contributed by atoms with Crippen molar-refractivity contribution in [1.82, 2.24) is 14.8 Å². The van der Waals surface area contributed by atoms with Crippen LogP contribution in [0.1, 0.15) is 63.9 Å². The number of aromatic nitrogens is 3. The Morgan fingerprint density at radius 3 is 2.19 bits per heavy atom. The predicted molar refractivity (Wildman–Crippen MR) is 134 cm³/mol. The van der Waals surface area contributed by atoms with Crippen LogP contribution in [-0.2, 0) is 5.41 Å². The summed E-state index contributed by atoms with van der Waals surface area (Å²) >= 11 is 0. The molecule has 0 N–H and O–H groups in total. The van der Waals surface area contributed by atoms with Crippen LogP contribution < -0.4 is 0 Å². The molecule has 4 rings (SSSR count). The lowest BCUT2D eigenvalue weighted by Gasteiger charge is -2.26. The molecule has 32 heavy (non-hydrogen) atoms. The van der Waals surface area contributed by atoms with E-state index >= 15 is 0 Å². The predicted octanol–water partition coefficient (Wildman–Crippen LogP) is 7.72. The molecular formula is C29H33N3. The first-order chi connectivity index (χ1) is 15.3. The molecule has 0 saturated heterocycles. The van der Waals surface area contributed by atoms with E-state index in [1.807, 2.05) is 0 Å². The standard InChI is InChI=1S/C29H33N3/c1-7-21(3)27-30-31-28(24-15-11-12-20(2)18-24)32(27)26-17-16-23(19-25(26)29(4,5)6)22-13-9-8-10-14-22/h8-19,21H,7H2,1-6H3. The molecule has 0 saturated carbocycles. The van der Waals surface area contributed by atoms with Crippen LogP contribution in [0.4, 0.5) is 0 Å². The molecule has 0 amide bonds. The van der Waals surface area contributed by atoms with Crippen molar-refractivity contribution in [1.29, 1.82) is 0 Å². The highest BCUT2D eigenvalue weighted by Crippen LogP contribution is 2.36. The normalized spacial score (nSPS) is 12.7. The third-order valence-electron chi connectivity index (χ3n) is 6.17. The van der Waals surface area contributed by atoms with Gasteiger partial charge < -0.3 is 0 Å². The minimum Gasteiger partial charge on any atom is -0.278 e. The molecule has 3 heteroatoms. The van der Waals surface area contributed by atoms with Gasteiger partial charge in [0.15, 0.2) is 5.82 Å². The van der Waals surface area contributed by atoms with Gasteiger partial charge in [-0.1, -0.05) is 94.8 Å². The molecule has 1 unspecified atom stereocenters. The Morgan fingerprint density at radius 1 is 0.812 bits per heavy atom. The lowest BCUT2D eigenvalue weighted by Crippen LogP contribution is -2.17. The Balaban J connectivity index is 1.99. The molecule has 3 aromatic carbocycles. The Labute approximate surface area is 192 Å². The van der Waals surface area contributed by atoms with Crippen molar-refractivity contribution in [2.45, 2.75) is 59.3 Å². The highest BCUT2D eigenvalue weighted by atomic mass is 15.3. The van der Waals surface area contributed by atoms with Crippen molar-refractivity contribution < 1.29 is 0 Å². The van der Waals surface area contributed by atoms with Gasteiger partial charge in [-0.05, 0) is 53.6 Å². The summed E-state index contributed by atoms with van der Waals surface area (Å²) < 4.78 is 2.29. The second-order valence-corrected chi connectivity index (χ2v) is 9.74. The SMILES string of the molecule is CCC(C)c1nnc(-c2cccc(C)c2)n1-c1ccc(-c2ccccc2)cc1C(C)(C)C. The first kappa shape index (κ1) is 22.0. The van der Waals surface area contributed by atoms with E-state index in [-0.39, 0.29) is 5.41 Å². The summed E-state index contributed by atoms with van der Waals surface area (Å²) in [6.45, 7) is 13.4. The van der Waals surface area contributed by atoms with Crippen molar-refractivity contribution in [3.63, 3.8) is 0 Å². The second kappa shape index (κ2) is 8.74. The fraction of sp³-hybridized carbons (Fsp3) is 0.310. The summed E-state index contributed by atoms with van der Waals surface area (Å²) in [4.78, 5) is 0. The smallest absolute Gasteiger partial charge is 0.168 e. The number of aryl methyl sites for hydroxylation is 1. The number of benzene rings is 3. The lowest BCUT2D eigenvalue weighted by molar-refractivity contribution is 0.582. The van der Waals surface area contributed by atoms with Crippen molar-refractivity contribution in [3.8, 4) is 28.2 Å². The van der Waals surface area contributed by atoms with Gasteiger partial charge in [-0.15, -0.1) is 10.2 Å². The van der Waals surface area contributed by atoms with Gasteiger partial charge in [-0.2, -0.15) is 0 Å². The monoisotopic (exact) mass is 423 g/mol. The van der Waals surface area contributed by atoms with Gasteiger partial charge in [-0.3, -0.25) is 4.57 Å². The summed E-state index contributed by atoms with van der Waals surface area (Å²) in [7, 11) is 0. The Kier molecular flexibility index (Phi) is 6.01. The molecule has 0 aliphatic rings. The fourth-order valence-corrected chi connectivity index (χ4v) is 4.15. The van der Waals surface area contributed by atoms with Gasteiger partial charge in [0, 0.05) is 11.5 Å². The van der Waals surface area contributed by atoms with E-state index in [0.717, 1.165) is 29.3 Å². The van der Waals surface area contributed by atoms with Crippen LogP contribution in [0.25, 0.3) is 28.2 Å². The van der Waals surface area contributed by atoms with Crippen LogP contribution in [0.3, 0.4) is 0 Å². The third-order valence-corrected chi connectivity index (χ3v) is 6.17. The molecule has 3 nitrogen and oxygen atoms in total. The summed E-state index contributed by atoms with van der Waals surface area (Å²) in [6, 6.07) is 25.9. The zero-order chi connectivity index (χ0) is 22.9. The highest BCUT2D eigenvalue weighted by Gasteiger charge is 2.26. The van der Waals surface area contributed by atoms with Gasteiger partial charge >= 0.3 is 0 Å².